The average molecular weight is 431 g/mol. The van der Waals surface area contributed by atoms with Crippen molar-refractivity contribution in [1.29, 1.82) is 0 Å². The summed E-state index contributed by atoms with van der Waals surface area (Å²) in [6.07, 6.45) is 15.2. The predicted molar refractivity (Wildman–Crippen MR) is 127 cm³/mol. The molecule has 0 saturated heterocycles. The number of carbonyl (C=O) groups is 1. The topological polar surface area (TPSA) is 50.2 Å². The zero-order valence-electron chi connectivity index (χ0n) is 18.7. The van der Waals surface area contributed by atoms with Crippen LogP contribution < -0.4 is 5.32 Å². The molecule has 32 heavy (non-hydrogen) atoms. The number of allylic oxidation sites excluding steroid dienone is 4. The van der Waals surface area contributed by atoms with E-state index in [9.17, 15) is 9.18 Å². The van der Waals surface area contributed by atoms with E-state index in [0.29, 0.717) is 11.3 Å². The molecule has 3 heterocycles. The Balaban J connectivity index is 1.93. The summed E-state index contributed by atoms with van der Waals surface area (Å²) in [5, 5.41) is 4.14. The van der Waals surface area contributed by atoms with Crippen molar-refractivity contribution in [1.82, 2.24) is 19.8 Å². The number of pyridine rings is 1. The number of nitrogens with zero attached hydrogens (tertiary/aromatic N) is 3. The van der Waals surface area contributed by atoms with E-state index in [0.717, 1.165) is 22.0 Å². The van der Waals surface area contributed by atoms with Crippen LogP contribution in [-0.2, 0) is 0 Å². The third-order valence-electron chi connectivity index (χ3n) is 5.53. The fourth-order valence-electron chi connectivity index (χ4n) is 4.22. The minimum absolute atomic E-state index is 0.0166. The Labute approximate surface area is 187 Å². The Morgan fingerprint density at radius 1 is 1.12 bits per heavy atom. The van der Waals surface area contributed by atoms with Gasteiger partial charge in [0.15, 0.2) is 0 Å². The third kappa shape index (κ3) is 3.96. The lowest BCUT2D eigenvalue weighted by Crippen LogP contribution is -2.42. The molecular formula is C26H27FN4O. The normalized spacial score (nSPS) is 13.4. The highest BCUT2D eigenvalue weighted by Gasteiger charge is 2.26. The Hall–Kier alpha value is -3.67. The van der Waals surface area contributed by atoms with Crippen LogP contribution in [-0.4, -0.2) is 32.4 Å². The second-order valence-electron chi connectivity index (χ2n) is 8.35. The SMILES string of the molecule is CC(C)N(C(=O)c1cc(F)ccc1-n1cc(C2=CNC=CC=C2)c2ccncc21)C(C)C. The molecule has 1 amide bonds. The van der Waals surface area contributed by atoms with Crippen molar-refractivity contribution >= 4 is 22.4 Å². The zero-order chi connectivity index (χ0) is 22.8. The van der Waals surface area contributed by atoms with Gasteiger partial charge in [0, 0.05) is 47.8 Å². The zero-order valence-corrected chi connectivity index (χ0v) is 18.7. The maximum Gasteiger partial charge on any atom is 0.256 e. The van der Waals surface area contributed by atoms with Crippen LogP contribution in [0.3, 0.4) is 0 Å². The molecule has 5 nitrogen and oxygen atoms in total. The molecule has 1 aromatic carbocycles. The van der Waals surface area contributed by atoms with E-state index in [2.05, 4.69) is 10.3 Å². The van der Waals surface area contributed by atoms with Crippen molar-refractivity contribution < 1.29 is 9.18 Å². The number of benzene rings is 1. The van der Waals surface area contributed by atoms with E-state index in [4.69, 9.17) is 0 Å². The summed E-state index contributed by atoms with van der Waals surface area (Å²) >= 11 is 0. The van der Waals surface area contributed by atoms with Gasteiger partial charge in [-0.25, -0.2) is 4.39 Å². The molecule has 0 aliphatic carbocycles. The number of carbonyl (C=O) groups excluding carboxylic acids is 1. The van der Waals surface area contributed by atoms with Gasteiger partial charge >= 0.3 is 0 Å². The Bertz CT molecular complexity index is 1240. The molecular weight excluding hydrogens is 403 g/mol. The maximum absolute atomic E-state index is 14.3. The summed E-state index contributed by atoms with van der Waals surface area (Å²) < 4.78 is 16.2. The minimum Gasteiger partial charge on any atom is -0.367 e. The summed E-state index contributed by atoms with van der Waals surface area (Å²) in [6.45, 7) is 7.87. The van der Waals surface area contributed by atoms with Crippen LogP contribution in [0.4, 0.5) is 4.39 Å². The molecule has 0 spiro atoms. The van der Waals surface area contributed by atoms with Crippen molar-refractivity contribution in [2.24, 2.45) is 0 Å². The lowest BCUT2D eigenvalue weighted by atomic mass is 10.1. The molecule has 0 saturated carbocycles. The molecule has 4 rings (SSSR count). The van der Waals surface area contributed by atoms with Crippen LogP contribution in [0, 0.1) is 5.82 Å². The molecule has 0 atom stereocenters. The van der Waals surface area contributed by atoms with Gasteiger partial charge in [-0.15, -0.1) is 0 Å². The van der Waals surface area contributed by atoms with Crippen LogP contribution in [0.2, 0.25) is 0 Å². The first-order valence-electron chi connectivity index (χ1n) is 10.8. The van der Waals surface area contributed by atoms with E-state index < -0.39 is 5.82 Å². The lowest BCUT2D eigenvalue weighted by molar-refractivity contribution is 0.0643. The smallest absolute Gasteiger partial charge is 0.256 e. The van der Waals surface area contributed by atoms with Crippen molar-refractivity contribution in [2.75, 3.05) is 0 Å². The molecule has 0 radical (unpaired) electrons. The molecule has 3 aromatic rings. The van der Waals surface area contributed by atoms with Crippen LogP contribution in [0.25, 0.3) is 22.2 Å². The van der Waals surface area contributed by atoms with Gasteiger partial charge in [0.1, 0.15) is 5.82 Å². The molecule has 6 heteroatoms. The van der Waals surface area contributed by atoms with Gasteiger partial charge in [0.25, 0.3) is 5.91 Å². The van der Waals surface area contributed by atoms with Gasteiger partial charge in [-0.3, -0.25) is 9.78 Å². The molecule has 0 bridgehead atoms. The van der Waals surface area contributed by atoms with Crippen LogP contribution >= 0.6 is 0 Å². The number of nitrogens with one attached hydrogen (secondary N) is 1. The molecule has 1 aliphatic heterocycles. The number of rotatable bonds is 5. The first-order chi connectivity index (χ1) is 15.4. The molecule has 1 N–H and O–H groups in total. The Morgan fingerprint density at radius 2 is 1.91 bits per heavy atom. The van der Waals surface area contributed by atoms with Gasteiger partial charge in [0.05, 0.1) is 23.0 Å². The summed E-state index contributed by atoms with van der Waals surface area (Å²) in [4.78, 5) is 19.6. The fourth-order valence-corrected chi connectivity index (χ4v) is 4.22. The van der Waals surface area contributed by atoms with Crippen molar-refractivity contribution in [2.45, 2.75) is 39.8 Å². The number of hydrogen-bond donors (Lipinski definition) is 1. The summed E-state index contributed by atoms with van der Waals surface area (Å²) in [5.74, 6) is -0.639. The second kappa shape index (κ2) is 8.83. The van der Waals surface area contributed by atoms with E-state index in [1.54, 1.807) is 23.4 Å². The van der Waals surface area contributed by atoms with Gasteiger partial charge in [0.2, 0.25) is 0 Å². The first kappa shape index (κ1) is 21.6. The maximum atomic E-state index is 14.3. The number of halogens is 1. The summed E-state index contributed by atoms with van der Waals surface area (Å²) in [6, 6.07) is 6.30. The standard InChI is InChI=1S/C26H27FN4O/c1-17(2)31(18(3)4)26(32)22-13-20(27)8-9-24(22)30-16-23(19-7-5-6-11-28-14-19)21-10-12-29-15-25(21)30/h5-18,28H,1-4H3. The second-order valence-corrected chi connectivity index (χ2v) is 8.35. The predicted octanol–water partition coefficient (Wildman–Crippen LogP) is 5.44. The Morgan fingerprint density at radius 3 is 2.66 bits per heavy atom. The fraction of sp³-hybridized carbons (Fsp3) is 0.231. The monoisotopic (exact) mass is 430 g/mol. The highest BCUT2D eigenvalue weighted by atomic mass is 19.1. The van der Waals surface area contributed by atoms with E-state index in [-0.39, 0.29) is 18.0 Å². The third-order valence-corrected chi connectivity index (χ3v) is 5.53. The number of aromatic nitrogens is 2. The first-order valence-corrected chi connectivity index (χ1v) is 10.8. The van der Waals surface area contributed by atoms with E-state index >= 15 is 0 Å². The average Bonchev–Trinajstić information content (AvgIpc) is 2.93. The van der Waals surface area contributed by atoms with Gasteiger partial charge in [-0.2, -0.15) is 0 Å². The number of hydrogen-bond acceptors (Lipinski definition) is 3. The molecule has 1 aliphatic rings. The Kier molecular flexibility index (Phi) is 5.95. The molecule has 0 unspecified atom stereocenters. The summed E-state index contributed by atoms with van der Waals surface area (Å²) in [5.41, 5.74) is 3.77. The highest BCUT2D eigenvalue weighted by molar-refractivity contribution is 6.01. The summed E-state index contributed by atoms with van der Waals surface area (Å²) in [7, 11) is 0. The van der Waals surface area contributed by atoms with Crippen LogP contribution in [0.5, 0.6) is 0 Å². The number of amides is 1. The van der Waals surface area contributed by atoms with Gasteiger partial charge < -0.3 is 14.8 Å². The van der Waals surface area contributed by atoms with Crippen molar-refractivity contribution in [3.05, 3.63) is 90.4 Å². The highest BCUT2D eigenvalue weighted by Crippen LogP contribution is 2.32. The number of fused-ring (bicyclic) bond motifs is 1. The van der Waals surface area contributed by atoms with E-state index in [1.165, 1.54) is 12.1 Å². The molecule has 2 aromatic heterocycles. The van der Waals surface area contributed by atoms with E-state index in [1.807, 2.05) is 75.2 Å². The minimum atomic E-state index is -0.441. The quantitative estimate of drug-likeness (QED) is 0.587. The molecule has 0 fully saturated rings. The van der Waals surface area contributed by atoms with Gasteiger partial charge in [-0.05, 0) is 63.6 Å². The molecule has 164 valence electrons. The van der Waals surface area contributed by atoms with Crippen molar-refractivity contribution in [3.63, 3.8) is 0 Å². The van der Waals surface area contributed by atoms with Gasteiger partial charge in [-0.1, -0.05) is 12.2 Å². The van der Waals surface area contributed by atoms with Crippen LogP contribution in [0.1, 0.15) is 43.6 Å². The lowest BCUT2D eigenvalue weighted by Gasteiger charge is -2.31. The van der Waals surface area contributed by atoms with Crippen molar-refractivity contribution in [3.8, 4) is 5.69 Å². The largest absolute Gasteiger partial charge is 0.367 e. The van der Waals surface area contributed by atoms with Crippen LogP contribution in [0.15, 0.2) is 73.5 Å².